The Kier molecular flexibility index (Phi) is 5.09. The van der Waals surface area contributed by atoms with Crippen LogP contribution in [0.15, 0.2) is 54.6 Å². The van der Waals surface area contributed by atoms with Crippen LogP contribution in [-0.4, -0.2) is 24.5 Å². The van der Waals surface area contributed by atoms with Crippen molar-refractivity contribution in [3.05, 3.63) is 65.7 Å². The number of hydrogen-bond acceptors (Lipinski definition) is 2. The second-order valence-corrected chi connectivity index (χ2v) is 4.91. The fourth-order valence-electron chi connectivity index (χ4n) is 2.11. The molecule has 0 heterocycles. The number of benzene rings is 2. The summed E-state index contributed by atoms with van der Waals surface area (Å²) in [6, 6.07) is 15.2. The van der Waals surface area contributed by atoms with Crippen molar-refractivity contribution < 1.29 is 18.3 Å². The van der Waals surface area contributed by atoms with E-state index >= 15 is 0 Å². The van der Waals surface area contributed by atoms with Crippen molar-refractivity contribution in [3.63, 3.8) is 0 Å². The molecule has 3 nitrogen and oxygen atoms in total. The minimum Gasteiger partial charge on any atom is -0.435 e. The highest BCUT2D eigenvalue weighted by Crippen LogP contribution is 2.22. The first-order valence-corrected chi connectivity index (χ1v) is 6.86. The largest absolute Gasteiger partial charge is 0.435 e. The van der Waals surface area contributed by atoms with Crippen LogP contribution in [0.4, 0.5) is 8.78 Å². The molecule has 1 amide bonds. The maximum Gasteiger partial charge on any atom is 0.387 e. The number of carbonyl (C=O) groups excluding carboxylic acids is 1. The summed E-state index contributed by atoms with van der Waals surface area (Å²) in [6.45, 7) is -0.941. The van der Waals surface area contributed by atoms with Gasteiger partial charge in [-0.05, 0) is 36.8 Å². The fraction of sp³-hybridized carbons (Fsp3) is 0.235. The van der Waals surface area contributed by atoms with Gasteiger partial charge in [0.15, 0.2) is 0 Å². The Balaban J connectivity index is 2.10. The third-order valence-electron chi connectivity index (χ3n) is 3.51. The highest BCUT2D eigenvalue weighted by Gasteiger charge is 2.18. The number of carbonyl (C=O) groups is 1. The van der Waals surface area contributed by atoms with E-state index in [4.69, 9.17) is 0 Å². The molecule has 1 atom stereocenters. The van der Waals surface area contributed by atoms with Crippen LogP contribution in [-0.2, 0) is 0 Å². The first kappa shape index (κ1) is 15.9. The Morgan fingerprint density at radius 3 is 2.18 bits per heavy atom. The topological polar surface area (TPSA) is 29.5 Å². The second kappa shape index (κ2) is 7.02. The lowest BCUT2D eigenvalue weighted by atomic mass is 10.1. The predicted molar refractivity (Wildman–Crippen MR) is 80.0 cm³/mol. The first-order chi connectivity index (χ1) is 10.5. The minimum atomic E-state index is -2.87. The zero-order chi connectivity index (χ0) is 16.1. The molecule has 0 aliphatic rings. The molecule has 116 valence electrons. The summed E-state index contributed by atoms with van der Waals surface area (Å²) in [7, 11) is 1.71. The lowest BCUT2D eigenvalue weighted by Crippen LogP contribution is -2.29. The van der Waals surface area contributed by atoms with E-state index < -0.39 is 6.61 Å². The fourth-order valence-corrected chi connectivity index (χ4v) is 2.11. The average Bonchev–Trinajstić information content (AvgIpc) is 2.54. The van der Waals surface area contributed by atoms with Crippen molar-refractivity contribution in [1.29, 1.82) is 0 Å². The number of hydrogen-bond donors (Lipinski definition) is 0. The number of halogens is 2. The van der Waals surface area contributed by atoms with Crippen LogP contribution in [0, 0.1) is 0 Å². The van der Waals surface area contributed by atoms with Crippen LogP contribution < -0.4 is 4.74 Å². The lowest BCUT2D eigenvalue weighted by Gasteiger charge is -2.25. The van der Waals surface area contributed by atoms with E-state index in [0.29, 0.717) is 5.56 Å². The van der Waals surface area contributed by atoms with E-state index in [1.807, 2.05) is 37.3 Å². The van der Waals surface area contributed by atoms with E-state index in [0.717, 1.165) is 5.56 Å². The Hall–Kier alpha value is -2.43. The van der Waals surface area contributed by atoms with Gasteiger partial charge in [-0.1, -0.05) is 30.3 Å². The number of nitrogens with zero attached hydrogens (tertiary/aromatic N) is 1. The van der Waals surface area contributed by atoms with Gasteiger partial charge in [-0.25, -0.2) is 0 Å². The maximum atomic E-state index is 12.4. The normalized spacial score (nSPS) is 12.0. The first-order valence-electron chi connectivity index (χ1n) is 6.86. The van der Waals surface area contributed by atoms with Crippen molar-refractivity contribution in [1.82, 2.24) is 4.90 Å². The molecular formula is C17H17F2NO2. The van der Waals surface area contributed by atoms with Gasteiger partial charge < -0.3 is 9.64 Å². The summed E-state index contributed by atoms with van der Waals surface area (Å²) >= 11 is 0. The molecule has 0 aliphatic carbocycles. The molecule has 0 aliphatic heterocycles. The zero-order valence-electron chi connectivity index (χ0n) is 12.4. The van der Waals surface area contributed by atoms with E-state index in [-0.39, 0.29) is 17.7 Å². The smallest absolute Gasteiger partial charge is 0.387 e. The Morgan fingerprint density at radius 2 is 1.64 bits per heavy atom. The van der Waals surface area contributed by atoms with E-state index in [1.54, 1.807) is 11.9 Å². The van der Waals surface area contributed by atoms with E-state index in [2.05, 4.69) is 4.74 Å². The van der Waals surface area contributed by atoms with Gasteiger partial charge in [-0.15, -0.1) is 0 Å². The molecule has 0 bridgehead atoms. The average molecular weight is 305 g/mol. The van der Waals surface area contributed by atoms with E-state index in [9.17, 15) is 13.6 Å². The molecule has 2 aromatic carbocycles. The Bertz CT molecular complexity index is 614. The Morgan fingerprint density at radius 1 is 1.05 bits per heavy atom. The maximum absolute atomic E-state index is 12.4. The number of amides is 1. The van der Waals surface area contributed by atoms with E-state index in [1.165, 1.54) is 24.3 Å². The lowest BCUT2D eigenvalue weighted by molar-refractivity contribution is -0.0498. The summed E-state index contributed by atoms with van der Waals surface area (Å²) in [5.41, 5.74) is 1.45. The summed E-state index contributed by atoms with van der Waals surface area (Å²) in [4.78, 5) is 14.0. The van der Waals surface area contributed by atoms with Crippen LogP contribution in [0.5, 0.6) is 5.75 Å². The molecule has 0 N–H and O–H groups in total. The van der Waals surface area contributed by atoms with Crippen LogP contribution in [0.3, 0.4) is 0 Å². The van der Waals surface area contributed by atoms with Crippen molar-refractivity contribution in [3.8, 4) is 5.75 Å². The van der Waals surface area contributed by atoms with Crippen molar-refractivity contribution >= 4 is 5.91 Å². The second-order valence-electron chi connectivity index (χ2n) is 4.91. The third-order valence-corrected chi connectivity index (χ3v) is 3.51. The van der Waals surface area contributed by atoms with Crippen LogP contribution >= 0.6 is 0 Å². The van der Waals surface area contributed by atoms with Gasteiger partial charge >= 0.3 is 6.61 Å². The van der Waals surface area contributed by atoms with Gasteiger partial charge in [-0.3, -0.25) is 4.79 Å². The quantitative estimate of drug-likeness (QED) is 0.831. The van der Waals surface area contributed by atoms with Crippen LogP contribution in [0.1, 0.15) is 28.9 Å². The molecule has 0 saturated carbocycles. The molecule has 22 heavy (non-hydrogen) atoms. The molecule has 1 unspecified atom stereocenters. The summed E-state index contributed by atoms with van der Waals surface area (Å²) in [5, 5.41) is 0. The molecule has 0 fully saturated rings. The van der Waals surface area contributed by atoms with Crippen LogP contribution in [0.25, 0.3) is 0 Å². The highest BCUT2D eigenvalue weighted by molar-refractivity contribution is 5.94. The predicted octanol–water partition coefficient (Wildman–Crippen LogP) is 4.12. The van der Waals surface area contributed by atoms with Crippen molar-refractivity contribution in [2.75, 3.05) is 7.05 Å². The minimum absolute atomic E-state index is 0.0327. The molecule has 2 aromatic rings. The van der Waals surface area contributed by atoms with Gasteiger partial charge in [0, 0.05) is 12.6 Å². The monoisotopic (exact) mass is 305 g/mol. The molecule has 0 radical (unpaired) electrons. The molecule has 0 spiro atoms. The standard InChI is InChI=1S/C17H17F2NO2/c1-12(13-6-4-3-5-7-13)20(2)16(21)14-8-10-15(11-9-14)22-17(18)19/h3-12,17H,1-2H3. The number of ether oxygens (including phenoxy) is 1. The Labute approximate surface area is 128 Å². The zero-order valence-corrected chi connectivity index (χ0v) is 12.4. The van der Waals surface area contributed by atoms with Gasteiger partial charge in [-0.2, -0.15) is 8.78 Å². The summed E-state index contributed by atoms with van der Waals surface area (Å²) in [6.07, 6.45) is 0. The molecular weight excluding hydrogens is 288 g/mol. The van der Waals surface area contributed by atoms with Crippen molar-refractivity contribution in [2.45, 2.75) is 19.6 Å². The van der Waals surface area contributed by atoms with Gasteiger partial charge in [0.1, 0.15) is 5.75 Å². The third kappa shape index (κ3) is 3.81. The summed E-state index contributed by atoms with van der Waals surface area (Å²) in [5.74, 6) is -0.148. The molecule has 0 aromatic heterocycles. The SMILES string of the molecule is CC(c1ccccc1)N(C)C(=O)c1ccc(OC(F)F)cc1. The van der Waals surface area contributed by atoms with Crippen molar-refractivity contribution in [2.24, 2.45) is 0 Å². The number of rotatable bonds is 5. The van der Waals surface area contributed by atoms with Gasteiger partial charge in [0.05, 0.1) is 6.04 Å². The van der Waals surface area contributed by atoms with Gasteiger partial charge in [0.25, 0.3) is 5.91 Å². The van der Waals surface area contributed by atoms with Gasteiger partial charge in [0.2, 0.25) is 0 Å². The number of alkyl halides is 2. The summed E-state index contributed by atoms with van der Waals surface area (Å²) < 4.78 is 28.5. The molecule has 0 saturated heterocycles. The highest BCUT2D eigenvalue weighted by atomic mass is 19.3. The molecule has 2 rings (SSSR count). The van der Waals surface area contributed by atoms with Crippen LogP contribution in [0.2, 0.25) is 0 Å². The molecule has 5 heteroatoms.